The Morgan fingerprint density at radius 2 is 2.05 bits per heavy atom. The molecule has 0 fully saturated rings. The predicted octanol–water partition coefficient (Wildman–Crippen LogP) is 2.41. The number of sulfone groups is 1. The molecule has 0 aliphatic rings. The number of hydrogen-bond donors (Lipinski definition) is 2. The van der Waals surface area contributed by atoms with Crippen molar-refractivity contribution in [1.82, 2.24) is 5.43 Å². The van der Waals surface area contributed by atoms with Gasteiger partial charge in [0, 0.05) is 11.6 Å². The van der Waals surface area contributed by atoms with Crippen LogP contribution in [-0.2, 0) is 9.84 Å². The van der Waals surface area contributed by atoms with Crippen molar-refractivity contribution in [3.8, 4) is 0 Å². The van der Waals surface area contributed by atoms with Crippen molar-refractivity contribution in [3.63, 3.8) is 0 Å². The smallest absolute Gasteiger partial charge is 0.154 e. The van der Waals surface area contributed by atoms with Gasteiger partial charge in [-0.25, -0.2) is 13.8 Å². The molecule has 0 saturated carbocycles. The predicted molar refractivity (Wildman–Crippen MR) is 80.2 cm³/mol. The highest BCUT2D eigenvalue weighted by molar-refractivity contribution is 7.92. The largest absolute Gasteiger partial charge is 0.458 e. The molecule has 0 amide bonds. The summed E-state index contributed by atoms with van der Waals surface area (Å²) in [6.07, 6.45) is 1.17. The van der Waals surface area contributed by atoms with E-state index in [1.165, 1.54) is 6.26 Å². The van der Waals surface area contributed by atoms with E-state index in [4.69, 9.17) is 21.9 Å². The lowest BCUT2D eigenvalue weighted by atomic mass is 10.0. The van der Waals surface area contributed by atoms with Gasteiger partial charge in [0.05, 0.1) is 15.8 Å². The molecule has 0 bridgehead atoms. The maximum Gasteiger partial charge on any atom is 0.154 e. The molecule has 3 N–H and O–H groups in total. The van der Waals surface area contributed by atoms with Crippen molar-refractivity contribution in [2.24, 2.45) is 5.84 Å². The Labute approximate surface area is 123 Å². The fourth-order valence-corrected chi connectivity index (χ4v) is 2.86. The van der Waals surface area contributed by atoms with Crippen LogP contribution in [0.4, 0.5) is 0 Å². The van der Waals surface area contributed by atoms with Crippen LogP contribution in [0.3, 0.4) is 0 Å². The first-order chi connectivity index (χ1) is 9.18. The second kappa shape index (κ2) is 5.04. The van der Waals surface area contributed by atoms with Crippen LogP contribution in [0.5, 0.6) is 0 Å². The van der Waals surface area contributed by atoms with E-state index in [1.807, 2.05) is 6.07 Å². The van der Waals surface area contributed by atoms with Gasteiger partial charge in [-0.05, 0) is 26.0 Å². The van der Waals surface area contributed by atoms with Crippen LogP contribution in [0.25, 0.3) is 11.0 Å². The Kier molecular flexibility index (Phi) is 3.85. The summed E-state index contributed by atoms with van der Waals surface area (Å²) in [5.74, 6) is 5.98. The lowest BCUT2D eigenvalue weighted by molar-refractivity contribution is 0.366. The summed E-state index contributed by atoms with van der Waals surface area (Å²) in [6, 6.07) is 6.43. The first-order valence-electron chi connectivity index (χ1n) is 6.02. The molecule has 2 aromatic rings. The fourth-order valence-electron chi connectivity index (χ4n) is 2.03. The van der Waals surface area contributed by atoms with E-state index < -0.39 is 20.6 Å². The number of nitrogens with one attached hydrogen (secondary N) is 1. The first kappa shape index (κ1) is 15.3. The van der Waals surface area contributed by atoms with Crippen LogP contribution in [0.2, 0.25) is 5.02 Å². The Hall–Kier alpha value is -1.08. The summed E-state index contributed by atoms with van der Waals surface area (Å²) in [6.45, 7) is 3.20. The van der Waals surface area contributed by atoms with Crippen LogP contribution >= 0.6 is 11.6 Å². The van der Waals surface area contributed by atoms with Crippen LogP contribution in [0, 0.1) is 0 Å². The van der Waals surface area contributed by atoms with Gasteiger partial charge in [0.2, 0.25) is 0 Å². The van der Waals surface area contributed by atoms with E-state index in [0.717, 1.165) is 5.39 Å². The molecule has 5 nitrogen and oxygen atoms in total. The maximum absolute atomic E-state index is 11.9. The average Bonchev–Trinajstić information content (AvgIpc) is 2.73. The van der Waals surface area contributed by atoms with Crippen molar-refractivity contribution in [1.29, 1.82) is 0 Å². The molecule has 0 spiro atoms. The van der Waals surface area contributed by atoms with Crippen LogP contribution < -0.4 is 11.3 Å². The number of furan rings is 1. The van der Waals surface area contributed by atoms with Gasteiger partial charge in [0.1, 0.15) is 5.76 Å². The number of rotatable bonds is 4. The minimum Gasteiger partial charge on any atom is -0.458 e. The summed E-state index contributed by atoms with van der Waals surface area (Å²) in [5, 5.41) is 1.28. The average molecular weight is 317 g/mol. The quantitative estimate of drug-likeness (QED) is 0.668. The molecular formula is C13H17ClN2O3S. The third kappa shape index (κ3) is 2.44. The highest BCUT2D eigenvalue weighted by Gasteiger charge is 2.41. The number of nitrogens with two attached hydrogens (primary N) is 1. The molecule has 1 aromatic heterocycles. The zero-order chi connectivity index (χ0) is 15.1. The molecule has 0 saturated heterocycles. The molecule has 1 heterocycles. The molecule has 20 heavy (non-hydrogen) atoms. The molecule has 0 aliphatic carbocycles. The topological polar surface area (TPSA) is 85.3 Å². The van der Waals surface area contributed by atoms with E-state index in [9.17, 15) is 8.42 Å². The third-order valence-electron chi connectivity index (χ3n) is 3.62. The number of benzene rings is 1. The number of fused-ring (bicyclic) bond motifs is 1. The lowest BCUT2D eigenvalue weighted by Crippen LogP contribution is -2.47. The number of hydrazine groups is 1. The normalized spacial score (nSPS) is 14.7. The van der Waals surface area contributed by atoms with Crippen LogP contribution in [0.15, 0.2) is 28.7 Å². The van der Waals surface area contributed by atoms with E-state index in [0.29, 0.717) is 16.4 Å². The van der Waals surface area contributed by atoms with Gasteiger partial charge in [-0.3, -0.25) is 5.84 Å². The highest BCUT2D eigenvalue weighted by atomic mass is 35.5. The van der Waals surface area contributed by atoms with Crippen molar-refractivity contribution < 1.29 is 12.8 Å². The van der Waals surface area contributed by atoms with E-state index >= 15 is 0 Å². The van der Waals surface area contributed by atoms with E-state index in [2.05, 4.69) is 5.43 Å². The minimum absolute atomic E-state index is 0.436. The Bertz CT molecular complexity index is 737. The fraction of sp³-hybridized carbons (Fsp3) is 0.385. The molecule has 0 radical (unpaired) electrons. The second-order valence-electron chi connectivity index (χ2n) is 5.28. The zero-order valence-corrected chi connectivity index (χ0v) is 13.0. The first-order valence-corrected chi connectivity index (χ1v) is 8.29. The van der Waals surface area contributed by atoms with Gasteiger partial charge in [-0.15, -0.1) is 0 Å². The molecule has 110 valence electrons. The lowest BCUT2D eigenvalue weighted by Gasteiger charge is -2.30. The summed E-state index contributed by atoms with van der Waals surface area (Å²) in [7, 11) is -3.34. The third-order valence-corrected chi connectivity index (χ3v) is 6.06. The number of para-hydroxylation sites is 1. The number of halogens is 1. The standard InChI is InChI=1S/C13H17ClN2O3S/c1-13(2,20(3,17)18)12(16-15)10-7-8-5-4-6-9(14)11(8)19-10/h4-7,12,16H,15H2,1-3H3. The van der Waals surface area contributed by atoms with E-state index in [-0.39, 0.29) is 0 Å². The van der Waals surface area contributed by atoms with Crippen LogP contribution in [-0.4, -0.2) is 19.4 Å². The van der Waals surface area contributed by atoms with Gasteiger partial charge >= 0.3 is 0 Å². The molecule has 0 aliphatic heterocycles. The maximum atomic E-state index is 11.9. The summed E-state index contributed by atoms with van der Waals surface area (Å²) in [4.78, 5) is 0. The van der Waals surface area contributed by atoms with Gasteiger partial charge in [-0.2, -0.15) is 0 Å². The van der Waals surface area contributed by atoms with Gasteiger partial charge < -0.3 is 4.42 Å². The Morgan fingerprint density at radius 1 is 1.40 bits per heavy atom. The summed E-state index contributed by atoms with van der Waals surface area (Å²) in [5.41, 5.74) is 3.05. The number of hydrogen-bond acceptors (Lipinski definition) is 5. The van der Waals surface area contributed by atoms with Gasteiger partial charge in [0.25, 0.3) is 0 Å². The molecule has 1 unspecified atom stereocenters. The van der Waals surface area contributed by atoms with Crippen molar-refractivity contribution in [2.75, 3.05) is 6.26 Å². The summed E-state index contributed by atoms with van der Waals surface area (Å²) < 4.78 is 28.5. The van der Waals surface area contributed by atoms with Crippen molar-refractivity contribution in [3.05, 3.63) is 35.0 Å². The molecule has 2 rings (SSSR count). The molecular weight excluding hydrogens is 300 g/mol. The SMILES string of the molecule is CC(C)(C(NN)c1cc2cccc(Cl)c2o1)S(C)(=O)=O. The van der Waals surface area contributed by atoms with Gasteiger partial charge in [0.15, 0.2) is 15.4 Å². The molecule has 7 heteroatoms. The molecule has 1 atom stereocenters. The van der Waals surface area contributed by atoms with Crippen molar-refractivity contribution >= 4 is 32.4 Å². The molecule has 1 aromatic carbocycles. The zero-order valence-electron chi connectivity index (χ0n) is 11.5. The highest BCUT2D eigenvalue weighted by Crippen LogP contribution is 2.36. The Balaban J connectivity index is 2.58. The Morgan fingerprint density at radius 3 is 2.55 bits per heavy atom. The second-order valence-corrected chi connectivity index (χ2v) is 8.29. The van der Waals surface area contributed by atoms with Crippen molar-refractivity contribution in [2.45, 2.75) is 24.6 Å². The van der Waals surface area contributed by atoms with Gasteiger partial charge in [-0.1, -0.05) is 23.7 Å². The monoisotopic (exact) mass is 316 g/mol. The minimum atomic E-state index is -3.34. The van der Waals surface area contributed by atoms with Crippen LogP contribution in [0.1, 0.15) is 25.6 Å². The summed E-state index contributed by atoms with van der Waals surface area (Å²) >= 11 is 6.06. The van der Waals surface area contributed by atoms with E-state index in [1.54, 1.807) is 32.0 Å².